The van der Waals surface area contributed by atoms with Crippen LogP contribution in [0.5, 0.6) is 0 Å². The Morgan fingerprint density at radius 3 is 2.24 bits per heavy atom. The molecule has 0 aromatic heterocycles. The van der Waals surface area contributed by atoms with Gasteiger partial charge in [0.2, 0.25) is 5.91 Å². The minimum Gasteiger partial charge on any atom is -0.324 e. The SMILES string of the molecule is O=C(CN1C(=O)SC(=Cc2c3ccccc3cc3ccccc23)C1=O)Nc1cccc(Cl)c1. The quantitative estimate of drug-likeness (QED) is 0.279. The van der Waals surface area contributed by atoms with E-state index in [1.807, 2.05) is 48.5 Å². The number of benzene rings is 4. The molecule has 3 amide bonds. The lowest BCUT2D eigenvalue weighted by molar-refractivity contribution is -0.127. The van der Waals surface area contributed by atoms with E-state index < -0.39 is 17.1 Å². The summed E-state index contributed by atoms with van der Waals surface area (Å²) >= 11 is 6.79. The van der Waals surface area contributed by atoms with Gasteiger partial charge in [-0.05, 0) is 69.2 Å². The molecule has 0 aliphatic carbocycles. The summed E-state index contributed by atoms with van der Waals surface area (Å²) in [4.78, 5) is 39.3. The van der Waals surface area contributed by atoms with E-state index in [9.17, 15) is 14.4 Å². The topological polar surface area (TPSA) is 66.5 Å². The maximum atomic E-state index is 13.0. The van der Waals surface area contributed by atoms with Crippen molar-refractivity contribution in [3.63, 3.8) is 0 Å². The monoisotopic (exact) mass is 472 g/mol. The van der Waals surface area contributed by atoms with Crippen molar-refractivity contribution in [1.29, 1.82) is 0 Å². The van der Waals surface area contributed by atoms with Crippen molar-refractivity contribution < 1.29 is 14.4 Å². The first-order valence-corrected chi connectivity index (χ1v) is 11.4. The zero-order valence-electron chi connectivity index (χ0n) is 17.2. The molecule has 0 spiro atoms. The predicted octanol–water partition coefficient (Wildman–Crippen LogP) is 6.32. The Bertz CT molecular complexity index is 1430. The molecule has 1 saturated heterocycles. The Hall–Kier alpha value is -3.61. The number of hydrogen-bond acceptors (Lipinski definition) is 4. The summed E-state index contributed by atoms with van der Waals surface area (Å²) in [6.07, 6.45) is 1.75. The number of halogens is 1. The second-order valence-electron chi connectivity index (χ2n) is 7.56. The van der Waals surface area contributed by atoms with Gasteiger partial charge in [-0.2, -0.15) is 0 Å². The van der Waals surface area contributed by atoms with E-state index in [1.165, 1.54) is 0 Å². The van der Waals surface area contributed by atoms with Crippen LogP contribution in [-0.4, -0.2) is 28.5 Å². The molecule has 0 bridgehead atoms. The standard InChI is InChI=1S/C26H17ClN2O3S/c27-18-8-5-9-19(13-18)28-24(30)15-29-25(31)23(33-26(29)32)14-22-20-10-3-1-6-16(20)12-17-7-2-4-11-21(17)22/h1-14H,15H2,(H,28,30). The van der Waals surface area contributed by atoms with Crippen LogP contribution in [0.4, 0.5) is 10.5 Å². The fourth-order valence-electron chi connectivity index (χ4n) is 3.88. The summed E-state index contributed by atoms with van der Waals surface area (Å²) in [6, 6.07) is 24.6. The van der Waals surface area contributed by atoms with Crippen LogP contribution in [0.2, 0.25) is 5.02 Å². The fraction of sp³-hybridized carbons (Fsp3) is 0.0385. The lowest BCUT2D eigenvalue weighted by Gasteiger charge is -2.12. The van der Waals surface area contributed by atoms with Crippen molar-refractivity contribution in [2.45, 2.75) is 0 Å². The molecule has 0 saturated carbocycles. The number of amides is 3. The van der Waals surface area contributed by atoms with E-state index in [0.717, 1.165) is 43.8 Å². The Morgan fingerprint density at radius 2 is 1.58 bits per heavy atom. The van der Waals surface area contributed by atoms with Crippen LogP contribution in [0.25, 0.3) is 27.6 Å². The summed E-state index contributed by atoms with van der Waals surface area (Å²) in [5, 5.41) is 6.73. The molecule has 162 valence electrons. The van der Waals surface area contributed by atoms with Crippen molar-refractivity contribution in [2.75, 3.05) is 11.9 Å². The van der Waals surface area contributed by atoms with Gasteiger partial charge in [0.15, 0.2) is 0 Å². The number of fused-ring (bicyclic) bond motifs is 2. The van der Waals surface area contributed by atoms with Gasteiger partial charge >= 0.3 is 0 Å². The zero-order valence-corrected chi connectivity index (χ0v) is 18.8. The van der Waals surface area contributed by atoms with Crippen LogP contribution in [0, 0.1) is 0 Å². The third-order valence-corrected chi connectivity index (χ3v) is 6.51. The molecule has 0 unspecified atom stereocenters. The van der Waals surface area contributed by atoms with Crippen LogP contribution in [0.15, 0.2) is 83.8 Å². The van der Waals surface area contributed by atoms with E-state index in [1.54, 1.807) is 30.3 Å². The van der Waals surface area contributed by atoms with E-state index in [4.69, 9.17) is 11.6 Å². The molecular formula is C26H17ClN2O3S. The molecule has 0 radical (unpaired) electrons. The van der Waals surface area contributed by atoms with Crippen LogP contribution in [0.3, 0.4) is 0 Å². The molecule has 5 nitrogen and oxygen atoms in total. The molecule has 0 atom stereocenters. The van der Waals surface area contributed by atoms with Gasteiger partial charge in [-0.1, -0.05) is 66.2 Å². The molecule has 4 aromatic carbocycles. The second kappa shape index (κ2) is 8.73. The van der Waals surface area contributed by atoms with E-state index in [0.29, 0.717) is 10.7 Å². The summed E-state index contributed by atoms with van der Waals surface area (Å²) in [6.45, 7) is -0.370. The van der Waals surface area contributed by atoms with Crippen LogP contribution >= 0.6 is 23.4 Å². The maximum Gasteiger partial charge on any atom is 0.294 e. The molecule has 1 aliphatic heterocycles. The number of carbonyl (C=O) groups excluding carboxylic acids is 3. The first-order chi connectivity index (χ1) is 16.0. The number of anilines is 1. The second-order valence-corrected chi connectivity index (χ2v) is 8.99. The molecular weight excluding hydrogens is 456 g/mol. The highest BCUT2D eigenvalue weighted by Crippen LogP contribution is 2.36. The number of hydrogen-bond donors (Lipinski definition) is 1. The minimum atomic E-state index is -0.483. The van der Waals surface area contributed by atoms with Gasteiger partial charge in [-0.3, -0.25) is 19.3 Å². The smallest absolute Gasteiger partial charge is 0.294 e. The molecule has 33 heavy (non-hydrogen) atoms. The maximum absolute atomic E-state index is 13.0. The van der Waals surface area contributed by atoms with Crippen LogP contribution in [0.1, 0.15) is 5.56 Å². The van der Waals surface area contributed by atoms with Crippen molar-refractivity contribution >= 4 is 73.7 Å². The van der Waals surface area contributed by atoms with Crippen LogP contribution in [-0.2, 0) is 9.59 Å². The van der Waals surface area contributed by atoms with Gasteiger partial charge in [0.1, 0.15) is 6.54 Å². The lowest BCUT2D eigenvalue weighted by atomic mass is 9.96. The largest absolute Gasteiger partial charge is 0.324 e. The summed E-state index contributed by atoms with van der Waals surface area (Å²) in [5.41, 5.74) is 1.37. The molecule has 1 heterocycles. The Morgan fingerprint density at radius 1 is 0.909 bits per heavy atom. The first kappa shape index (κ1) is 21.2. The van der Waals surface area contributed by atoms with Gasteiger partial charge < -0.3 is 5.32 Å². The van der Waals surface area contributed by atoms with Crippen molar-refractivity contribution in [3.05, 3.63) is 94.4 Å². The van der Waals surface area contributed by atoms with Gasteiger partial charge in [0, 0.05) is 10.7 Å². The number of nitrogens with one attached hydrogen (secondary N) is 1. The molecule has 7 heteroatoms. The number of thioether (sulfide) groups is 1. The molecule has 1 fully saturated rings. The van der Waals surface area contributed by atoms with Gasteiger partial charge in [0.05, 0.1) is 4.91 Å². The Balaban J connectivity index is 1.46. The van der Waals surface area contributed by atoms with E-state index >= 15 is 0 Å². The lowest BCUT2D eigenvalue weighted by Crippen LogP contribution is -2.36. The van der Waals surface area contributed by atoms with Gasteiger partial charge in [-0.15, -0.1) is 0 Å². The highest BCUT2D eigenvalue weighted by molar-refractivity contribution is 8.18. The number of nitrogens with zero attached hydrogens (tertiary/aromatic N) is 1. The third-order valence-electron chi connectivity index (χ3n) is 5.37. The van der Waals surface area contributed by atoms with Crippen molar-refractivity contribution in [3.8, 4) is 0 Å². The average Bonchev–Trinajstić information content (AvgIpc) is 3.06. The van der Waals surface area contributed by atoms with E-state index in [2.05, 4.69) is 11.4 Å². The molecule has 5 rings (SSSR count). The van der Waals surface area contributed by atoms with Gasteiger partial charge in [0.25, 0.3) is 11.1 Å². The van der Waals surface area contributed by atoms with Crippen molar-refractivity contribution in [1.82, 2.24) is 4.90 Å². The number of rotatable bonds is 4. The minimum absolute atomic E-state index is 0.289. The van der Waals surface area contributed by atoms with Gasteiger partial charge in [-0.25, -0.2) is 0 Å². The summed E-state index contributed by atoms with van der Waals surface area (Å²) < 4.78 is 0. The summed E-state index contributed by atoms with van der Waals surface area (Å²) in [5.74, 6) is -0.959. The molecule has 1 aliphatic rings. The van der Waals surface area contributed by atoms with Crippen molar-refractivity contribution in [2.24, 2.45) is 0 Å². The van der Waals surface area contributed by atoms with Crippen LogP contribution < -0.4 is 5.32 Å². The summed E-state index contributed by atoms with van der Waals surface area (Å²) in [7, 11) is 0. The normalized spacial score (nSPS) is 15.1. The average molecular weight is 473 g/mol. The highest BCUT2D eigenvalue weighted by Gasteiger charge is 2.36. The molecule has 1 N–H and O–H groups in total. The highest BCUT2D eigenvalue weighted by atomic mass is 35.5. The predicted molar refractivity (Wildman–Crippen MR) is 134 cm³/mol. The molecule has 4 aromatic rings. The first-order valence-electron chi connectivity index (χ1n) is 10.2. The number of imide groups is 1. The van der Waals surface area contributed by atoms with E-state index in [-0.39, 0.29) is 11.4 Å². The number of carbonyl (C=O) groups is 3. The Labute approximate surface area is 199 Å². The third kappa shape index (κ3) is 4.23. The Kier molecular flexibility index (Phi) is 5.62. The zero-order chi connectivity index (χ0) is 22.9. The fourth-order valence-corrected chi connectivity index (χ4v) is 4.89.